The van der Waals surface area contributed by atoms with Crippen molar-refractivity contribution in [1.82, 2.24) is 15.0 Å². The number of benzene rings is 6. The number of fused-ring (bicyclic) bond motifs is 6. The Labute approximate surface area is 409 Å². The van der Waals surface area contributed by atoms with Crippen molar-refractivity contribution in [2.24, 2.45) is 0 Å². The van der Waals surface area contributed by atoms with Gasteiger partial charge >= 0.3 is 0 Å². The molecule has 3 aliphatic heterocycles. The predicted octanol–water partition coefficient (Wildman–Crippen LogP) is 8.79. The van der Waals surface area contributed by atoms with Gasteiger partial charge in [0.2, 0.25) is 5.79 Å². The van der Waals surface area contributed by atoms with Gasteiger partial charge in [0.05, 0.1) is 65.6 Å². The molecule has 1 aromatic heterocycles. The molecule has 0 aliphatic carbocycles. The first-order valence-corrected chi connectivity index (χ1v) is 24.0. The molecule has 70 heavy (non-hydrogen) atoms. The highest BCUT2D eigenvalue weighted by molar-refractivity contribution is 5.19. The molecule has 0 unspecified atom stereocenters. The smallest absolute Gasteiger partial charge is 0.224 e. The average molecular weight is 946 g/mol. The molecule has 13 nitrogen and oxygen atoms in total. The number of hydrogen-bond acceptors (Lipinski definition) is 12. The molecule has 7 aromatic rings. The van der Waals surface area contributed by atoms with Crippen LogP contribution in [0, 0.1) is 0 Å². The Balaban J connectivity index is 1.09. The van der Waals surface area contributed by atoms with Crippen LogP contribution in [0.1, 0.15) is 39.1 Å². The molecule has 0 radical (unpaired) electrons. The third kappa shape index (κ3) is 12.3. The van der Waals surface area contributed by atoms with E-state index in [0.717, 1.165) is 33.4 Å². The predicted molar refractivity (Wildman–Crippen MR) is 258 cm³/mol. The highest BCUT2D eigenvalue weighted by atomic mass is 16.8. The zero-order valence-electron chi connectivity index (χ0n) is 39.0. The molecule has 10 rings (SSSR count). The van der Waals surface area contributed by atoms with Crippen LogP contribution < -0.4 is 0 Å². The van der Waals surface area contributed by atoms with Gasteiger partial charge in [0.15, 0.2) is 6.29 Å². The molecule has 2 fully saturated rings. The Morgan fingerprint density at radius 1 is 0.471 bits per heavy atom. The lowest BCUT2D eigenvalue weighted by Gasteiger charge is -2.48. The van der Waals surface area contributed by atoms with E-state index in [2.05, 4.69) is 10.3 Å². The van der Waals surface area contributed by atoms with E-state index in [-0.39, 0.29) is 66.0 Å². The maximum atomic E-state index is 7.56. The Morgan fingerprint density at radius 3 is 1.43 bits per heavy atom. The van der Waals surface area contributed by atoms with Gasteiger partial charge < -0.3 is 47.4 Å². The molecular formula is C57H59N3O10. The first-order chi connectivity index (χ1) is 34.6. The first-order valence-electron chi connectivity index (χ1n) is 24.0. The van der Waals surface area contributed by atoms with Crippen LogP contribution in [0.25, 0.3) is 0 Å². The normalized spacial score (nSPS) is 25.5. The summed E-state index contributed by atoms with van der Waals surface area (Å²) in [5, 5.41) is 9.05. The van der Waals surface area contributed by atoms with E-state index < -0.39 is 54.8 Å². The molecule has 6 bridgehead atoms. The average Bonchev–Trinajstić information content (AvgIpc) is 3.98. The summed E-state index contributed by atoms with van der Waals surface area (Å²) < 4.78 is 72.3. The molecule has 6 aromatic carbocycles. The number of hydrogen-bond donors (Lipinski definition) is 0. The molecule has 9 atom stereocenters. The van der Waals surface area contributed by atoms with Gasteiger partial charge in [-0.3, -0.25) is 0 Å². The van der Waals surface area contributed by atoms with E-state index in [1.807, 2.05) is 188 Å². The highest BCUT2D eigenvalue weighted by Gasteiger charge is 2.62. The van der Waals surface area contributed by atoms with Crippen molar-refractivity contribution in [1.29, 1.82) is 0 Å². The zero-order valence-corrected chi connectivity index (χ0v) is 39.0. The molecule has 2 saturated heterocycles. The van der Waals surface area contributed by atoms with Gasteiger partial charge in [0.25, 0.3) is 0 Å². The van der Waals surface area contributed by atoms with E-state index in [1.54, 1.807) is 4.68 Å². The van der Waals surface area contributed by atoms with Crippen molar-refractivity contribution in [3.63, 3.8) is 0 Å². The quantitative estimate of drug-likeness (QED) is 0.0771. The number of rotatable bonds is 19. The van der Waals surface area contributed by atoms with Crippen molar-refractivity contribution >= 4 is 0 Å². The number of nitrogens with zero attached hydrogens (tertiary/aromatic N) is 3. The van der Waals surface area contributed by atoms with Gasteiger partial charge in [-0.15, -0.1) is 5.10 Å². The van der Waals surface area contributed by atoms with Crippen molar-refractivity contribution in [3.05, 3.63) is 227 Å². The summed E-state index contributed by atoms with van der Waals surface area (Å²) in [6.45, 7) is 1.95. The topological polar surface area (TPSA) is 123 Å². The molecule has 0 saturated carbocycles. The minimum absolute atomic E-state index is 0.0790. The number of ether oxygens (including phenoxy) is 10. The number of aromatic nitrogens is 3. The lowest BCUT2D eigenvalue weighted by atomic mass is 9.96. The van der Waals surface area contributed by atoms with Gasteiger partial charge in [0, 0.05) is 0 Å². The second kappa shape index (κ2) is 23.8. The fourth-order valence-corrected chi connectivity index (χ4v) is 9.18. The van der Waals surface area contributed by atoms with Gasteiger partial charge in [-0.05, 0) is 33.4 Å². The third-order valence-corrected chi connectivity index (χ3v) is 12.7. The van der Waals surface area contributed by atoms with E-state index >= 15 is 0 Å². The lowest BCUT2D eigenvalue weighted by Crippen LogP contribution is -2.64. The third-order valence-electron chi connectivity index (χ3n) is 12.7. The molecule has 362 valence electrons. The fourth-order valence-electron chi connectivity index (χ4n) is 9.18. The Bertz CT molecular complexity index is 2600. The van der Waals surface area contributed by atoms with Crippen LogP contribution in [-0.4, -0.2) is 83.0 Å². The fraction of sp³-hybridized carbons (Fsp3) is 0.333. The van der Waals surface area contributed by atoms with Crippen LogP contribution in [0.15, 0.2) is 188 Å². The van der Waals surface area contributed by atoms with Crippen LogP contribution in [0.3, 0.4) is 0 Å². The van der Waals surface area contributed by atoms with Gasteiger partial charge in [0.1, 0.15) is 55.0 Å². The van der Waals surface area contributed by atoms with Gasteiger partial charge in [-0.2, -0.15) is 0 Å². The Morgan fingerprint density at radius 2 is 0.914 bits per heavy atom. The summed E-state index contributed by atoms with van der Waals surface area (Å²) in [5.41, 5.74) is 6.49. The van der Waals surface area contributed by atoms with E-state index in [0.29, 0.717) is 5.69 Å². The van der Waals surface area contributed by atoms with Crippen LogP contribution >= 0.6 is 0 Å². The monoisotopic (exact) mass is 945 g/mol. The maximum Gasteiger partial charge on any atom is 0.224 e. The molecule has 3 aliphatic rings. The summed E-state index contributed by atoms with van der Waals surface area (Å²) in [4.78, 5) is 0. The lowest BCUT2D eigenvalue weighted by molar-refractivity contribution is -0.397. The summed E-state index contributed by atoms with van der Waals surface area (Å²) in [6.07, 6.45) is -4.69. The van der Waals surface area contributed by atoms with Crippen molar-refractivity contribution in [3.8, 4) is 0 Å². The Hall–Kier alpha value is -5.94. The zero-order chi connectivity index (χ0) is 47.2. The summed E-state index contributed by atoms with van der Waals surface area (Å²) in [7, 11) is 0. The minimum atomic E-state index is -1.67. The summed E-state index contributed by atoms with van der Waals surface area (Å²) in [5.74, 6) is -1.67. The molecule has 0 spiro atoms. The molecule has 13 heteroatoms. The molecule has 4 heterocycles. The van der Waals surface area contributed by atoms with Gasteiger partial charge in [-0.25, -0.2) is 4.68 Å². The van der Waals surface area contributed by atoms with Crippen LogP contribution in [-0.2, 0) is 100 Å². The highest BCUT2D eigenvalue weighted by Crippen LogP contribution is 2.43. The first kappa shape index (κ1) is 47.7. The standard InChI is InChI=1S/C57H59N3O10/c1-7-19-42(20-8-1)33-62-41-57-55(67-38-47-29-17-6-18-30-47)52(64-35-44-23-11-3-12-24-44)50(69-57)40-61-39-48-31-60(59-58-48)32-49-51(63-34-43-21-9-2-10-22-43)53(65-36-45-25-13-4-14-26-45)54(56(68-49)70-57)66-37-46-27-15-5-16-28-46/h1-31,49-56H,32-41H2/t49-,50-,51-,52-,53+,54-,55+,56-,57+/m1/s1. The van der Waals surface area contributed by atoms with E-state index in [9.17, 15) is 0 Å². The summed E-state index contributed by atoms with van der Waals surface area (Å²) in [6, 6.07) is 60.2. The van der Waals surface area contributed by atoms with Crippen molar-refractivity contribution < 1.29 is 47.4 Å². The van der Waals surface area contributed by atoms with Crippen molar-refractivity contribution in [2.45, 2.75) is 108 Å². The SMILES string of the molecule is c1ccc(COC[C@@]23O[C@H]4O[C@H](Cn5cc(nn5)COC[C@@H](O2)[C@@H](OCc2ccccc2)[C@@H]3OCc2ccccc2)[C@@H](OCc2ccccc2)[C@H](OCc2ccccc2)[C@H]4OCc2ccccc2)cc1. The second-order valence-electron chi connectivity index (χ2n) is 17.8. The largest absolute Gasteiger partial charge is 0.372 e. The summed E-state index contributed by atoms with van der Waals surface area (Å²) >= 11 is 0. The van der Waals surface area contributed by atoms with Crippen LogP contribution in [0.2, 0.25) is 0 Å². The molecule has 0 amide bonds. The van der Waals surface area contributed by atoms with E-state index in [1.165, 1.54) is 0 Å². The van der Waals surface area contributed by atoms with Crippen LogP contribution in [0.5, 0.6) is 0 Å². The molecule has 0 N–H and O–H groups in total. The molecular weight excluding hydrogens is 887 g/mol. The van der Waals surface area contributed by atoms with E-state index in [4.69, 9.17) is 47.4 Å². The Kier molecular flexibility index (Phi) is 16.2. The van der Waals surface area contributed by atoms with Crippen LogP contribution in [0.4, 0.5) is 0 Å². The second-order valence-corrected chi connectivity index (χ2v) is 17.8. The minimum Gasteiger partial charge on any atom is -0.372 e. The van der Waals surface area contributed by atoms with Crippen molar-refractivity contribution in [2.75, 3.05) is 13.2 Å². The van der Waals surface area contributed by atoms with Gasteiger partial charge in [-0.1, -0.05) is 187 Å². The maximum absolute atomic E-state index is 7.56.